The monoisotopic (exact) mass is 259 g/mol. The summed E-state index contributed by atoms with van der Waals surface area (Å²) in [7, 11) is 2.07. The lowest BCUT2D eigenvalue weighted by Gasteiger charge is -2.48. The van der Waals surface area contributed by atoms with Crippen LogP contribution in [0.25, 0.3) is 0 Å². The van der Waals surface area contributed by atoms with Gasteiger partial charge in [0.2, 0.25) is 0 Å². The number of ether oxygens (including phenoxy) is 1. The van der Waals surface area contributed by atoms with E-state index in [1.54, 1.807) is 0 Å². The third-order valence-electron chi connectivity index (χ3n) is 4.79. The fourth-order valence-electron chi connectivity index (χ4n) is 4.33. The number of nitrogens with one attached hydrogen (secondary N) is 1. The molecule has 2 aliphatic rings. The van der Waals surface area contributed by atoms with Gasteiger partial charge in [0, 0.05) is 18.0 Å². The van der Waals surface area contributed by atoms with Crippen LogP contribution in [0.1, 0.15) is 51.1 Å². The Kier molecular flexibility index (Phi) is 3.30. The lowest BCUT2D eigenvalue weighted by Crippen LogP contribution is -2.48. The zero-order valence-corrected chi connectivity index (χ0v) is 12.3. The maximum Gasteiger partial charge on any atom is 0.124 e. The van der Waals surface area contributed by atoms with Crippen molar-refractivity contribution in [1.29, 1.82) is 0 Å². The molecule has 19 heavy (non-hydrogen) atoms. The van der Waals surface area contributed by atoms with Gasteiger partial charge in [-0.25, -0.2) is 0 Å². The summed E-state index contributed by atoms with van der Waals surface area (Å²) in [5.41, 5.74) is 1.38. The van der Waals surface area contributed by atoms with Gasteiger partial charge in [0.05, 0.1) is 0 Å². The zero-order chi connectivity index (χ0) is 13.5. The van der Waals surface area contributed by atoms with Gasteiger partial charge in [-0.1, -0.05) is 32.0 Å². The molecule has 1 spiro atoms. The highest BCUT2D eigenvalue weighted by Gasteiger charge is 2.44. The van der Waals surface area contributed by atoms with E-state index < -0.39 is 0 Å². The Morgan fingerprint density at radius 1 is 1.11 bits per heavy atom. The molecule has 3 atom stereocenters. The van der Waals surface area contributed by atoms with E-state index in [0.29, 0.717) is 6.04 Å². The van der Waals surface area contributed by atoms with Crippen LogP contribution in [0.5, 0.6) is 5.75 Å². The van der Waals surface area contributed by atoms with Gasteiger partial charge in [-0.15, -0.1) is 0 Å². The van der Waals surface area contributed by atoms with Gasteiger partial charge in [-0.05, 0) is 44.2 Å². The molecule has 2 heteroatoms. The lowest BCUT2D eigenvalue weighted by atomic mass is 9.69. The summed E-state index contributed by atoms with van der Waals surface area (Å²) in [5.74, 6) is 2.63. The Hall–Kier alpha value is -1.02. The van der Waals surface area contributed by atoms with Crippen LogP contribution < -0.4 is 10.1 Å². The SMILES string of the molecule is CNC1CC2(CC(C)CC(C)C2)Oc2ccccc21. The molecule has 0 bridgehead atoms. The van der Waals surface area contributed by atoms with Crippen molar-refractivity contribution in [3.05, 3.63) is 29.8 Å². The van der Waals surface area contributed by atoms with Gasteiger partial charge in [0.15, 0.2) is 0 Å². The Morgan fingerprint density at radius 2 is 1.79 bits per heavy atom. The maximum absolute atomic E-state index is 6.49. The fraction of sp³-hybridized carbons (Fsp3) is 0.647. The molecule has 2 nitrogen and oxygen atoms in total. The summed E-state index contributed by atoms with van der Waals surface area (Å²) < 4.78 is 6.49. The number of hydrogen-bond acceptors (Lipinski definition) is 2. The third-order valence-corrected chi connectivity index (χ3v) is 4.79. The van der Waals surface area contributed by atoms with E-state index in [2.05, 4.69) is 50.5 Å². The van der Waals surface area contributed by atoms with Crippen LogP contribution >= 0.6 is 0 Å². The van der Waals surface area contributed by atoms with Gasteiger partial charge < -0.3 is 10.1 Å². The number of hydrogen-bond donors (Lipinski definition) is 1. The first-order valence-electron chi connectivity index (χ1n) is 7.57. The minimum absolute atomic E-state index is 0.0547. The molecule has 0 amide bonds. The quantitative estimate of drug-likeness (QED) is 0.825. The summed E-state index contributed by atoms with van der Waals surface area (Å²) in [6.45, 7) is 4.74. The smallest absolute Gasteiger partial charge is 0.124 e. The van der Waals surface area contributed by atoms with Crippen molar-refractivity contribution >= 4 is 0 Å². The highest BCUT2D eigenvalue weighted by molar-refractivity contribution is 5.39. The van der Waals surface area contributed by atoms with Gasteiger partial charge in [0.25, 0.3) is 0 Å². The Balaban J connectivity index is 1.94. The predicted molar refractivity (Wildman–Crippen MR) is 78.4 cm³/mol. The van der Waals surface area contributed by atoms with Crippen LogP contribution in [0.4, 0.5) is 0 Å². The molecular formula is C17H25NO. The van der Waals surface area contributed by atoms with Crippen LogP contribution in [0, 0.1) is 11.8 Å². The topological polar surface area (TPSA) is 21.3 Å². The summed E-state index contributed by atoms with van der Waals surface area (Å²) >= 11 is 0. The maximum atomic E-state index is 6.49. The summed E-state index contributed by atoms with van der Waals surface area (Å²) in [5, 5.41) is 3.48. The van der Waals surface area contributed by atoms with E-state index >= 15 is 0 Å². The van der Waals surface area contributed by atoms with Gasteiger partial charge in [-0.3, -0.25) is 0 Å². The number of rotatable bonds is 1. The minimum atomic E-state index is 0.0547. The molecule has 1 aromatic rings. The van der Waals surface area contributed by atoms with E-state index in [9.17, 15) is 0 Å². The second-order valence-electron chi connectivity index (χ2n) is 6.72. The van der Waals surface area contributed by atoms with E-state index in [1.807, 2.05) is 0 Å². The minimum Gasteiger partial charge on any atom is -0.487 e. The van der Waals surface area contributed by atoms with Crippen LogP contribution in [0.3, 0.4) is 0 Å². The Bertz CT molecular complexity index is 446. The van der Waals surface area contributed by atoms with Crippen molar-refractivity contribution in [2.24, 2.45) is 11.8 Å². The molecule has 0 radical (unpaired) electrons. The van der Waals surface area contributed by atoms with Crippen molar-refractivity contribution in [3.63, 3.8) is 0 Å². The highest BCUT2D eigenvalue weighted by Crippen LogP contribution is 2.48. The predicted octanol–water partition coefficient (Wildman–Crippen LogP) is 3.92. The lowest BCUT2D eigenvalue weighted by molar-refractivity contribution is -0.0340. The summed E-state index contributed by atoms with van der Waals surface area (Å²) in [6.07, 6.45) is 4.85. The molecule has 1 N–H and O–H groups in total. The summed E-state index contributed by atoms with van der Waals surface area (Å²) in [4.78, 5) is 0. The summed E-state index contributed by atoms with van der Waals surface area (Å²) in [6, 6.07) is 8.95. The van der Waals surface area contributed by atoms with Crippen molar-refractivity contribution in [2.75, 3.05) is 7.05 Å². The largest absolute Gasteiger partial charge is 0.487 e. The molecule has 1 aromatic carbocycles. The van der Waals surface area contributed by atoms with Crippen molar-refractivity contribution in [3.8, 4) is 5.75 Å². The Labute approximate surface area is 116 Å². The molecule has 1 saturated carbocycles. The van der Waals surface area contributed by atoms with E-state index in [0.717, 1.165) is 24.0 Å². The molecule has 0 aromatic heterocycles. The van der Waals surface area contributed by atoms with Crippen LogP contribution in [-0.2, 0) is 0 Å². The molecule has 3 rings (SSSR count). The fourth-order valence-corrected chi connectivity index (χ4v) is 4.33. The van der Waals surface area contributed by atoms with Gasteiger partial charge >= 0.3 is 0 Å². The first kappa shape index (κ1) is 13.0. The molecule has 1 heterocycles. The van der Waals surface area contributed by atoms with Crippen LogP contribution in [0.2, 0.25) is 0 Å². The third kappa shape index (κ3) is 2.38. The van der Waals surface area contributed by atoms with E-state index in [-0.39, 0.29) is 5.60 Å². The van der Waals surface area contributed by atoms with Crippen LogP contribution in [0.15, 0.2) is 24.3 Å². The molecule has 1 aliphatic carbocycles. The zero-order valence-electron chi connectivity index (χ0n) is 12.3. The molecule has 3 unspecified atom stereocenters. The first-order valence-corrected chi connectivity index (χ1v) is 7.57. The molecule has 104 valence electrons. The van der Waals surface area contributed by atoms with Crippen LogP contribution in [-0.4, -0.2) is 12.6 Å². The second kappa shape index (κ2) is 4.82. The van der Waals surface area contributed by atoms with Gasteiger partial charge in [0.1, 0.15) is 11.4 Å². The van der Waals surface area contributed by atoms with Gasteiger partial charge in [-0.2, -0.15) is 0 Å². The van der Waals surface area contributed by atoms with E-state index in [1.165, 1.54) is 24.8 Å². The normalized spacial score (nSPS) is 37.7. The molecular weight excluding hydrogens is 234 g/mol. The van der Waals surface area contributed by atoms with Crippen molar-refractivity contribution in [2.45, 2.75) is 51.2 Å². The van der Waals surface area contributed by atoms with E-state index in [4.69, 9.17) is 4.74 Å². The second-order valence-corrected chi connectivity index (χ2v) is 6.72. The Morgan fingerprint density at radius 3 is 2.47 bits per heavy atom. The first-order chi connectivity index (χ1) is 9.12. The van der Waals surface area contributed by atoms with Crippen molar-refractivity contribution in [1.82, 2.24) is 5.32 Å². The van der Waals surface area contributed by atoms with Crippen molar-refractivity contribution < 1.29 is 4.74 Å². The highest BCUT2D eigenvalue weighted by atomic mass is 16.5. The number of benzene rings is 1. The number of fused-ring (bicyclic) bond motifs is 1. The average Bonchev–Trinajstić information content (AvgIpc) is 2.36. The standard InChI is InChI=1S/C17H25NO/c1-12-8-13(2)10-17(9-12)11-15(18-3)14-6-4-5-7-16(14)19-17/h4-7,12-13,15,18H,8-11H2,1-3H3. The average molecular weight is 259 g/mol. The molecule has 1 aliphatic heterocycles. The molecule has 0 saturated heterocycles. The number of para-hydroxylation sites is 1. The molecule has 1 fully saturated rings.